The second-order valence-electron chi connectivity index (χ2n) is 7.64. The van der Waals surface area contributed by atoms with E-state index in [-0.39, 0.29) is 23.9 Å². The van der Waals surface area contributed by atoms with E-state index >= 15 is 0 Å². The minimum Gasteiger partial charge on any atom is -0.354 e. The molecule has 6 heteroatoms. The van der Waals surface area contributed by atoms with Crippen molar-refractivity contribution in [3.8, 4) is 0 Å². The van der Waals surface area contributed by atoms with Gasteiger partial charge in [-0.05, 0) is 56.7 Å². The standard InChI is InChI=1S/C20H28ClN3O2/c1-13(22)9-10-23-19(25)18-12-14-5-2-3-8-17(14)24(18)20(26)15-6-4-7-16(21)11-15/h4,6-7,11,13-14,17-18H,2-3,5,8-10,12,22H2,1H3,(H,23,25). The van der Waals surface area contributed by atoms with E-state index in [9.17, 15) is 9.59 Å². The molecule has 5 nitrogen and oxygen atoms in total. The summed E-state index contributed by atoms with van der Waals surface area (Å²) in [5, 5.41) is 3.51. The molecule has 3 N–H and O–H groups in total. The van der Waals surface area contributed by atoms with Crippen molar-refractivity contribution in [1.29, 1.82) is 0 Å². The van der Waals surface area contributed by atoms with Crippen molar-refractivity contribution in [3.63, 3.8) is 0 Å². The van der Waals surface area contributed by atoms with Crippen molar-refractivity contribution in [2.45, 2.75) is 63.6 Å². The number of carbonyl (C=O) groups excluding carboxylic acids is 2. The summed E-state index contributed by atoms with van der Waals surface area (Å²) in [6, 6.07) is 6.79. The maximum absolute atomic E-state index is 13.2. The van der Waals surface area contributed by atoms with E-state index in [1.165, 1.54) is 6.42 Å². The van der Waals surface area contributed by atoms with Crippen molar-refractivity contribution in [2.24, 2.45) is 11.7 Å². The number of likely N-dealkylation sites (tertiary alicyclic amines) is 1. The number of amides is 2. The quantitative estimate of drug-likeness (QED) is 0.828. The minimum absolute atomic E-state index is 0.0469. The molecule has 1 aliphatic carbocycles. The zero-order valence-electron chi connectivity index (χ0n) is 15.3. The molecule has 2 fully saturated rings. The number of hydrogen-bond donors (Lipinski definition) is 2. The van der Waals surface area contributed by atoms with Crippen LogP contribution in [0, 0.1) is 5.92 Å². The van der Waals surface area contributed by atoms with Gasteiger partial charge in [0.25, 0.3) is 5.91 Å². The van der Waals surface area contributed by atoms with Crippen LogP contribution in [0.2, 0.25) is 5.02 Å². The number of carbonyl (C=O) groups is 2. The molecule has 2 aliphatic rings. The zero-order valence-corrected chi connectivity index (χ0v) is 16.0. The third-order valence-corrected chi connectivity index (χ3v) is 5.83. The summed E-state index contributed by atoms with van der Waals surface area (Å²) in [6.07, 6.45) is 5.83. The molecule has 0 bridgehead atoms. The van der Waals surface area contributed by atoms with E-state index in [1.807, 2.05) is 11.8 Å². The highest BCUT2D eigenvalue weighted by Crippen LogP contribution is 2.40. The summed E-state index contributed by atoms with van der Waals surface area (Å²) < 4.78 is 0. The first-order valence-corrected chi connectivity index (χ1v) is 9.96. The predicted molar refractivity (Wildman–Crippen MR) is 103 cm³/mol. The molecule has 4 unspecified atom stereocenters. The van der Waals surface area contributed by atoms with Crippen LogP contribution >= 0.6 is 11.6 Å². The average Bonchev–Trinajstić information content (AvgIpc) is 3.00. The molecule has 1 aromatic rings. The van der Waals surface area contributed by atoms with Gasteiger partial charge in [-0.15, -0.1) is 0 Å². The highest BCUT2D eigenvalue weighted by molar-refractivity contribution is 6.31. The van der Waals surface area contributed by atoms with Gasteiger partial charge in [0.2, 0.25) is 5.91 Å². The number of nitrogens with two attached hydrogens (primary N) is 1. The third kappa shape index (κ3) is 4.21. The van der Waals surface area contributed by atoms with Crippen LogP contribution in [0.1, 0.15) is 55.8 Å². The molecule has 0 aromatic heterocycles. The Morgan fingerprint density at radius 2 is 2.12 bits per heavy atom. The fourth-order valence-electron chi connectivity index (χ4n) is 4.30. The number of hydrogen-bond acceptors (Lipinski definition) is 3. The first-order chi connectivity index (χ1) is 12.5. The first kappa shape index (κ1) is 19.2. The molecule has 142 valence electrons. The Balaban J connectivity index is 1.79. The maximum Gasteiger partial charge on any atom is 0.254 e. The lowest BCUT2D eigenvalue weighted by Gasteiger charge is -2.33. The van der Waals surface area contributed by atoms with Crippen molar-refractivity contribution in [2.75, 3.05) is 6.54 Å². The molecule has 2 amide bonds. The summed E-state index contributed by atoms with van der Waals surface area (Å²) >= 11 is 6.07. The zero-order chi connectivity index (χ0) is 18.7. The fraction of sp³-hybridized carbons (Fsp3) is 0.600. The van der Waals surface area contributed by atoms with Gasteiger partial charge in [0.1, 0.15) is 6.04 Å². The van der Waals surface area contributed by atoms with Crippen LogP contribution in [0.3, 0.4) is 0 Å². The van der Waals surface area contributed by atoms with Crippen molar-refractivity contribution in [3.05, 3.63) is 34.9 Å². The lowest BCUT2D eigenvalue weighted by Crippen LogP contribution is -2.50. The maximum atomic E-state index is 13.2. The summed E-state index contributed by atoms with van der Waals surface area (Å²) in [7, 11) is 0. The normalized spacial score (nSPS) is 26.3. The van der Waals surface area contributed by atoms with Crippen molar-refractivity contribution >= 4 is 23.4 Å². The van der Waals surface area contributed by atoms with Crippen LogP contribution in [-0.4, -0.2) is 41.4 Å². The minimum atomic E-state index is -0.400. The van der Waals surface area contributed by atoms with Gasteiger partial charge in [0.15, 0.2) is 0 Å². The summed E-state index contributed by atoms with van der Waals surface area (Å²) in [5.41, 5.74) is 6.32. The van der Waals surface area contributed by atoms with E-state index in [1.54, 1.807) is 24.3 Å². The molecule has 3 rings (SSSR count). The topological polar surface area (TPSA) is 75.4 Å². The van der Waals surface area contributed by atoms with Gasteiger partial charge < -0.3 is 16.0 Å². The van der Waals surface area contributed by atoms with Gasteiger partial charge in [-0.2, -0.15) is 0 Å². The number of fused-ring (bicyclic) bond motifs is 1. The molecule has 1 saturated heterocycles. The second-order valence-corrected chi connectivity index (χ2v) is 8.08. The Bertz CT molecular complexity index is 664. The van der Waals surface area contributed by atoms with Gasteiger partial charge in [-0.3, -0.25) is 9.59 Å². The molecule has 0 spiro atoms. The summed E-state index contributed by atoms with van der Waals surface area (Å²) in [5.74, 6) is 0.265. The van der Waals surface area contributed by atoms with Gasteiger partial charge in [-0.25, -0.2) is 0 Å². The van der Waals surface area contributed by atoms with Gasteiger partial charge in [0, 0.05) is 29.2 Å². The van der Waals surface area contributed by atoms with Crippen molar-refractivity contribution < 1.29 is 9.59 Å². The van der Waals surface area contributed by atoms with E-state index in [0.29, 0.717) is 23.0 Å². The molecule has 26 heavy (non-hydrogen) atoms. The first-order valence-electron chi connectivity index (χ1n) is 9.59. The monoisotopic (exact) mass is 377 g/mol. The van der Waals surface area contributed by atoms with E-state index in [2.05, 4.69) is 5.32 Å². The van der Waals surface area contributed by atoms with Gasteiger partial charge in [0.05, 0.1) is 0 Å². The van der Waals surface area contributed by atoms with Gasteiger partial charge in [-0.1, -0.05) is 30.5 Å². The molecular formula is C20H28ClN3O2. The smallest absolute Gasteiger partial charge is 0.254 e. The number of rotatable bonds is 5. The van der Waals surface area contributed by atoms with E-state index in [4.69, 9.17) is 17.3 Å². The molecule has 1 aliphatic heterocycles. The lowest BCUT2D eigenvalue weighted by molar-refractivity contribution is -0.125. The Labute approximate surface area is 160 Å². The number of nitrogens with zero attached hydrogens (tertiary/aromatic N) is 1. The second kappa shape index (κ2) is 8.40. The Morgan fingerprint density at radius 1 is 1.35 bits per heavy atom. The summed E-state index contributed by atoms with van der Waals surface area (Å²) in [4.78, 5) is 27.9. The Kier molecular flexibility index (Phi) is 6.20. The molecule has 1 heterocycles. The largest absolute Gasteiger partial charge is 0.354 e. The molecular weight excluding hydrogens is 350 g/mol. The van der Waals surface area contributed by atoms with Gasteiger partial charge >= 0.3 is 0 Å². The van der Waals surface area contributed by atoms with Crippen LogP contribution in [-0.2, 0) is 4.79 Å². The fourth-order valence-corrected chi connectivity index (χ4v) is 4.49. The van der Waals surface area contributed by atoms with Crippen LogP contribution in [0.4, 0.5) is 0 Å². The van der Waals surface area contributed by atoms with Crippen LogP contribution in [0.25, 0.3) is 0 Å². The molecule has 4 atom stereocenters. The lowest BCUT2D eigenvalue weighted by atomic mass is 9.84. The number of halogens is 1. The predicted octanol–water partition coefficient (Wildman–Crippen LogP) is 2.97. The SMILES string of the molecule is CC(N)CCNC(=O)C1CC2CCCCC2N1C(=O)c1cccc(Cl)c1. The third-order valence-electron chi connectivity index (χ3n) is 5.60. The molecule has 1 aromatic carbocycles. The number of nitrogens with one attached hydrogen (secondary N) is 1. The highest BCUT2D eigenvalue weighted by atomic mass is 35.5. The Morgan fingerprint density at radius 3 is 2.85 bits per heavy atom. The van der Waals surface area contributed by atoms with E-state index in [0.717, 1.165) is 32.1 Å². The molecule has 1 saturated carbocycles. The number of benzene rings is 1. The average molecular weight is 378 g/mol. The van der Waals surface area contributed by atoms with Crippen molar-refractivity contribution in [1.82, 2.24) is 10.2 Å². The van der Waals surface area contributed by atoms with Crippen LogP contribution in [0.15, 0.2) is 24.3 Å². The van der Waals surface area contributed by atoms with Crippen LogP contribution in [0.5, 0.6) is 0 Å². The Hall–Kier alpha value is -1.59. The van der Waals surface area contributed by atoms with E-state index < -0.39 is 6.04 Å². The highest BCUT2D eigenvalue weighted by Gasteiger charge is 2.47. The molecule has 0 radical (unpaired) electrons. The van der Waals surface area contributed by atoms with Crippen LogP contribution < -0.4 is 11.1 Å². The summed E-state index contributed by atoms with van der Waals surface area (Å²) in [6.45, 7) is 2.47.